The molecule has 0 unspecified atom stereocenters. The molecule has 2 atom stereocenters. The first-order chi connectivity index (χ1) is 11.4. The van der Waals surface area contributed by atoms with Crippen molar-refractivity contribution in [1.29, 1.82) is 0 Å². The zero-order valence-corrected chi connectivity index (χ0v) is 13.9. The lowest BCUT2D eigenvalue weighted by Gasteiger charge is -2.21. The van der Waals surface area contributed by atoms with Crippen LogP contribution >= 0.6 is 0 Å². The Morgan fingerprint density at radius 1 is 1.25 bits per heavy atom. The molecule has 1 aromatic heterocycles. The standard InChI is InChI=1S/C18H22N2O4/c1-11-9-14-10-13(3-4-17(14)24-11)18(23)20-7-5-15(19-12(2)21)16(22)6-8-20/h3-4,9-10,15-16,22H,5-8H2,1-2H3,(H,19,21)/t15-,16-/m0/s1. The molecular weight excluding hydrogens is 308 g/mol. The number of furan rings is 1. The summed E-state index contributed by atoms with van der Waals surface area (Å²) in [4.78, 5) is 25.7. The first-order valence-corrected chi connectivity index (χ1v) is 8.18. The number of hydrogen-bond donors (Lipinski definition) is 2. The van der Waals surface area contributed by atoms with E-state index in [1.54, 1.807) is 11.0 Å². The van der Waals surface area contributed by atoms with Gasteiger partial charge in [-0.2, -0.15) is 0 Å². The Labute approximate surface area is 140 Å². The minimum Gasteiger partial charge on any atom is -0.461 e. The summed E-state index contributed by atoms with van der Waals surface area (Å²) < 4.78 is 5.54. The molecule has 1 aliphatic rings. The van der Waals surface area contributed by atoms with E-state index in [1.807, 2.05) is 25.1 Å². The van der Waals surface area contributed by atoms with E-state index in [0.29, 0.717) is 31.5 Å². The molecule has 0 saturated carbocycles. The van der Waals surface area contributed by atoms with Gasteiger partial charge >= 0.3 is 0 Å². The fourth-order valence-electron chi connectivity index (χ4n) is 3.21. The lowest BCUT2D eigenvalue weighted by atomic mass is 10.1. The number of rotatable bonds is 2. The molecule has 0 aliphatic carbocycles. The lowest BCUT2D eigenvalue weighted by molar-refractivity contribution is -0.120. The summed E-state index contributed by atoms with van der Waals surface area (Å²) in [6.45, 7) is 4.28. The molecule has 1 fully saturated rings. The van der Waals surface area contributed by atoms with Crippen LogP contribution in [0.25, 0.3) is 11.0 Å². The van der Waals surface area contributed by atoms with E-state index < -0.39 is 6.10 Å². The number of aryl methyl sites for hydroxylation is 1. The predicted molar refractivity (Wildman–Crippen MR) is 89.7 cm³/mol. The molecular formula is C18H22N2O4. The van der Waals surface area contributed by atoms with E-state index in [4.69, 9.17) is 4.42 Å². The van der Waals surface area contributed by atoms with Crippen LogP contribution in [-0.4, -0.2) is 47.1 Å². The van der Waals surface area contributed by atoms with Gasteiger partial charge < -0.3 is 19.7 Å². The van der Waals surface area contributed by atoms with Gasteiger partial charge in [-0.1, -0.05) is 0 Å². The van der Waals surface area contributed by atoms with Gasteiger partial charge in [0.1, 0.15) is 11.3 Å². The van der Waals surface area contributed by atoms with Crippen molar-refractivity contribution >= 4 is 22.8 Å². The highest BCUT2D eigenvalue weighted by molar-refractivity contribution is 5.97. The summed E-state index contributed by atoms with van der Waals surface area (Å²) in [5, 5.41) is 13.8. The Morgan fingerprint density at radius 3 is 2.75 bits per heavy atom. The minimum atomic E-state index is -0.634. The second-order valence-corrected chi connectivity index (χ2v) is 6.35. The van der Waals surface area contributed by atoms with Gasteiger partial charge in [0.25, 0.3) is 5.91 Å². The van der Waals surface area contributed by atoms with E-state index in [9.17, 15) is 14.7 Å². The van der Waals surface area contributed by atoms with Crippen molar-refractivity contribution in [1.82, 2.24) is 10.2 Å². The summed E-state index contributed by atoms with van der Waals surface area (Å²) in [7, 11) is 0. The molecule has 2 N–H and O–H groups in total. The number of fused-ring (bicyclic) bond motifs is 1. The van der Waals surface area contributed by atoms with Crippen LogP contribution in [0.3, 0.4) is 0 Å². The Balaban J connectivity index is 1.75. The van der Waals surface area contributed by atoms with Gasteiger partial charge in [0.05, 0.1) is 12.1 Å². The van der Waals surface area contributed by atoms with E-state index in [0.717, 1.165) is 16.7 Å². The van der Waals surface area contributed by atoms with Crippen LogP contribution in [0, 0.1) is 6.92 Å². The van der Waals surface area contributed by atoms with Gasteiger partial charge in [0, 0.05) is 31.0 Å². The van der Waals surface area contributed by atoms with Gasteiger partial charge in [-0.05, 0) is 44.0 Å². The Morgan fingerprint density at radius 2 is 2.00 bits per heavy atom. The van der Waals surface area contributed by atoms with Crippen molar-refractivity contribution in [3.05, 3.63) is 35.6 Å². The molecule has 2 aromatic rings. The molecule has 0 radical (unpaired) electrons. The number of nitrogens with zero attached hydrogens (tertiary/aromatic N) is 1. The summed E-state index contributed by atoms with van der Waals surface area (Å²) in [5.41, 5.74) is 1.37. The van der Waals surface area contributed by atoms with Crippen molar-refractivity contribution in [2.75, 3.05) is 13.1 Å². The van der Waals surface area contributed by atoms with Crippen molar-refractivity contribution < 1.29 is 19.1 Å². The van der Waals surface area contributed by atoms with Gasteiger partial charge in [-0.15, -0.1) is 0 Å². The number of hydrogen-bond acceptors (Lipinski definition) is 4. The average molecular weight is 330 g/mol. The number of carbonyl (C=O) groups excluding carboxylic acids is 2. The smallest absolute Gasteiger partial charge is 0.253 e. The Bertz CT molecular complexity index is 767. The minimum absolute atomic E-state index is 0.0635. The first-order valence-electron chi connectivity index (χ1n) is 8.18. The van der Waals surface area contributed by atoms with Crippen LogP contribution in [0.2, 0.25) is 0 Å². The van der Waals surface area contributed by atoms with Crippen LogP contribution in [0.15, 0.2) is 28.7 Å². The van der Waals surface area contributed by atoms with Crippen LogP contribution in [0.5, 0.6) is 0 Å². The monoisotopic (exact) mass is 330 g/mol. The van der Waals surface area contributed by atoms with Gasteiger partial charge in [-0.25, -0.2) is 0 Å². The van der Waals surface area contributed by atoms with E-state index in [-0.39, 0.29) is 17.9 Å². The van der Waals surface area contributed by atoms with Crippen molar-refractivity contribution in [2.45, 2.75) is 38.8 Å². The molecule has 2 heterocycles. The Kier molecular flexibility index (Phi) is 4.57. The molecule has 0 bridgehead atoms. The third-order valence-electron chi connectivity index (χ3n) is 4.43. The second kappa shape index (κ2) is 6.65. The van der Waals surface area contributed by atoms with Crippen molar-refractivity contribution in [3.63, 3.8) is 0 Å². The second-order valence-electron chi connectivity index (χ2n) is 6.35. The zero-order chi connectivity index (χ0) is 17.3. The molecule has 0 spiro atoms. The highest BCUT2D eigenvalue weighted by atomic mass is 16.3. The van der Waals surface area contributed by atoms with Crippen LogP contribution < -0.4 is 5.32 Å². The van der Waals surface area contributed by atoms with Crippen LogP contribution in [-0.2, 0) is 4.79 Å². The van der Waals surface area contributed by atoms with E-state index in [1.165, 1.54) is 6.92 Å². The number of aliphatic hydroxyl groups is 1. The third kappa shape index (κ3) is 3.43. The summed E-state index contributed by atoms with van der Waals surface area (Å²) in [6.07, 6.45) is 0.356. The van der Waals surface area contributed by atoms with Crippen LogP contribution in [0.4, 0.5) is 0 Å². The largest absolute Gasteiger partial charge is 0.461 e. The van der Waals surface area contributed by atoms with Crippen molar-refractivity contribution in [3.8, 4) is 0 Å². The normalized spacial score (nSPS) is 21.5. The Hall–Kier alpha value is -2.34. The number of nitrogens with one attached hydrogen (secondary N) is 1. The molecule has 1 aromatic carbocycles. The van der Waals surface area contributed by atoms with Gasteiger partial charge in [0.15, 0.2) is 0 Å². The topological polar surface area (TPSA) is 82.8 Å². The maximum absolute atomic E-state index is 12.8. The quantitative estimate of drug-likeness (QED) is 0.880. The molecule has 3 rings (SSSR count). The molecule has 1 saturated heterocycles. The predicted octanol–water partition coefficient (Wildman–Crippen LogP) is 1.84. The SMILES string of the molecule is CC(=O)N[C@H]1CCN(C(=O)c2ccc3oc(C)cc3c2)CC[C@@H]1O. The van der Waals surface area contributed by atoms with E-state index in [2.05, 4.69) is 5.32 Å². The average Bonchev–Trinajstić information content (AvgIpc) is 2.81. The maximum atomic E-state index is 12.8. The van der Waals surface area contributed by atoms with E-state index >= 15 is 0 Å². The summed E-state index contributed by atoms with van der Waals surface area (Å²) in [6, 6.07) is 7.01. The first kappa shape index (κ1) is 16.5. The third-order valence-corrected chi connectivity index (χ3v) is 4.43. The fraction of sp³-hybridized carbons (Fsp3) is 0.444. The molecule has 1 aliphatic heterocycles. The van der Waals surface area contributed by atoms with Crippen LogP contribution in [0.1, 0.15) is 35.9 Å². The number of amides is 2. The fourth-order valence-corrected chi connectivity index (χ4v) is 3.21. The summed E-state index contributed by atoms with van der Waals surface area (Å²) in [5.74, 6) is 0.580. The molecule has 6 nitrogen and oxygen atoms in total. The molecule has 6 heteroatoms. The number of benzene rings is 1. The molecule has 128 valence electrons. The highest BCUT2D eigenvalue weighted by Crippen LogP contribution is 2.22. The lowest BCUT2D eigenvalue weighted by Crippen LogP contribution is -2.42. The molecule has 2 amide bonds. The van der Waals surface area contributed by atoms with Crippen molar-refractivity contribution in [2.24, 2.45) is 0 Å². The van der Waals surface area contributed by atoms with Gasteiger partial charge in [-0.3, -0.25) is 9.59 Å². The number of aliphatic hydroxyl groups excluding tert-OH is 1. The highest BCUT2D eigenvalue weighted by Gasteiger charge is 2.28. The maximum Gasteiger partial charge on any atom is 0.253 e. The van der Waals surface area contributed by atoms with Gasteiger partial charge in [0.2, 0.25) is 5.91 Å². The molecule has 24 heavy (non-hydrogen) atoms. The number of likely N-dealkylation sites (tertiary alicyclic amines) is 1. The summed E-state index contributed by atoms with van der Waals surface area (Å²) >= 11 is 0. The zero-order valence-electron chi connectivity index (χ0n) is 13.9. The number of carbonyl (C=O) groups is 2.